The van der Waals surface area contributed by atoms with Crippen molar-refractivity contribution in [2.75, 3.05) is 38.3 Å². The summed E-state index contributed by atoms with van der Waals surface area (Å²) in [6, 6.07) is 10.5. The normalized spacial score (nSPS) is 16.6. The van der Waals surface area contributed by atoms with Gasteiger partial charge >= 0.3 is 0 Å². The number of benzene rings is 1. The third kappa shape index (κ3) is 4.34. The van der Waals surface area contributed by atoms with Gasteiger partial charge in [0.1, 0.15) is 6.61 Å². The maximum Gasteiger partial charge on any atom is 0.231 e. The first-order valence-corrected chi connectivity index (χ1v) is 9.94. The number of hydrogen-bond donors (Lipinski definition) is 0. The van der Waals surface area contributed by atoms with Gasteiger partial charge in [-0.05, 0) is 37.1 Å². The monoisotopic (exact) mass is 381 g/mol. The largest absolute Gasteiger partial charge is 0.475 e. The standard InChI is InChI=1S/C22H27N3O3/c1-27-10-11-28-21-13-20-19(14-23-21)12-22(26)25(20)16-18-6-4-17(5-7-18)15-24-8-2-3-9-24/h4-7,13-14H,2-3,8-12,15-16H2,1H3. The summed E-state index contributed by atoms with van der Waals surface area (Å²) in [5, 5.41) is 0. The van der Waals surface area contributed by atoms with Gasteiger partial charge in [-0.2, -0.15) is 0 Å². The Hall–Kier alpha value is -2.44. The molecule has 1 saturated heterocycles. The number of amides is 1. The molecule has 0 radical (unpaired) electrons. The average molecular weight is 381 g/mol. The van der Waals surface area contributed by atoms with Gasteiger partial charge in [-0.25, -0.2) is 4.98 Å². The first kappa shape index (κ1) is 18.9. The zero-order chi connectivity index (χ0) is 19.3. The summed E-state index contributed by atoms with van der Waals surface area (Å²) in [6.45, 7) is 4.92. The Labute approximate surface area is 166 Å². The van der Waals surface area contributed by atoms with Crippen molar-refractivity contribution in [3.8, 4) is 5.88 Å². The molecule has 0 unspecified atom stereocenters. The van der Waals surface area contributed by atoms with E-state index in [1.165, 1.54) is 31.5 Å². The SMILES string of the molecule is COCCOc1cc2c(cn1)CC(=O)N2Cc1ccc(CN2CCCC2)cc1. The van der Waals surface area contributed by atoms with E-state index in [9.17, 15) is 4.79 Å². The minimum absolute atomic E-state index is 0.104. The van der Waals surface area contributed by atoms with E-state index in [2.05, 4.69) is 34.1 Å². The lowest BCUT2D eigenvalue weighted by Crippen LogP contribution is -2.26. The molecule has 0 aliphatic carbocycles. The van der Waals surface area contributed by atoms with Crippen molar-refractivity contribution >= 4 is 11.6 Å². The van der Waals surface area contributed by atoms with Crippen molar-refractivity contribution in [2.24, 2.45) is 0 Å². The minimum Gasteiger partial charge on any atom is -0.475 e. The van der Waals surface area contributed by atoms with Crippen LogP contribution in [0, 0.1) is 0 Å². The van der Waals surface area contributed by atoms with E-state index in [-0.39, 0.29) is 5.91 Å². The predicted octanol–water partition coefficient (Wildman–Crippen LogP) is 2.79. The second-order valence-electron chi connectivity index (χ2n) is 7.45. The molecule has 6 nitrogen and oxygen atoms in total. The van der Waals surface area contributed by atoms with Crippen molar-refractivity contribution < 1.29 is 14.3 Å². The summed E-state index contributed by atoms with van der Waals surface area (Å²) in [7, 11) is 1.64. The number of methoxy groups -OCH3 is 1. The molecule has 6 heteroatoms. The zero-order valence-electron chi connectivity index (χ0n) is 16.4. The quantitative estimate of drug-likeness (QED) is 0.658. The van der Waals surface area contributed by atoms with Crippen LogP contribution in [-0.4, -0.2) is 49.2 Å². The number of aromatic nitrogens is 1. The van der Waals surface area contributed by atoms with Crippen LogP contribution in [0.1, 0.15) is 29.5 Å². The van der Waals surface area contributed by atoms with Crippen molar-refractivity contribution in [1.29, 1.82) is 0 Å². The molecule has 0 bridgehead atoms. The molecule has 28 heavy (non-hydrogen) atoms. The van der Waals surface area contributed by atoms with Crippen LogP contribution < -0.4 is 9.64 Å². The van der Waals surface area contributed by atoms with E-state index in [0.29, 0.717) is 32.1 Å². The van der Waals surface area contributed by atoms with Crippen LogP contribution >= 0.6 is 0 Å². The number of carbonyl (C=O) groups excluding carboxylic acids is 1. The zero-order valence-corrected chi connectivity index (χ0v) is 16.4. The summed E-state index contributed by atoms with van der Waals surface area (Å²) in [5.41, 5.74) is 4.31. The summed E-state index contributed by atoms with van der Waals surface area (Å²) >= 11 is 0. The van der Waals surface area contributed by atoms with E-state index in [1.54, 1.807) is 13.3 Å². The molecule has 2 aliphatic heterocycles. The number of hydrogen-bond acceptors (Lipinski definition) is 5. The van der Waals surface area contributed by atoms with Crippen molar-refractivity contribution in [3.63, 3.8) is 0 Å². The molecular weight excluding hydrogens is 354 g/mol. The molecule has 4 rings (SSSR count). The van der Waals surface area contributed by atoms with E-state index >= 15 is 0 Å². The predicted molar refractivity (Wildman–Crippen MR) is 107 cm³/mol. The second-order valence-corrected chi connectivity index (χ2v) is 7.45. The molecule has 1 aromatic carbocycles. The fourth-order valence-electron chi connectivity index (χ4n) is 3.85. The van der Waals surface area contributed by atoms with Crippen LogP contribution in [0.25, 0.3) is 0 Å². The van der Waals surface area contributed by atoms with Crippen molar-refractivity contribution in [1.82, 2.24) is 9.88 Å². The van der Waals surface area contributed by atoms with E-state index in [0.717, 1.165) is 23.4 Å². The molecule has 0 spiro atoms. The van der Waals surface area contributed by atoms with E-state index < -0.39 is 0 Å². The van der Waals surface area contributed by atoms with Crippen LogP contribution in [-0.2, 0) is 29.0 Å². The van der Waals surface area contributed by atoms with E-state index in [1.807, 2.05) is 11.0 Å². The number of rotatable bonds is 8. The molecule has 0 saturated carbocycles. The van der Waals surface area contributed by atoms with Gasteiger partial charge in [0.15, 0.2) is 0 Å². The third-order valence-electron chi connectivity index (χ3n) is 5.38. The van der Waals surface area contributed by atoms with Gasteiger partial charge in [0.25, 0.3) is 0 Å². The Morgan fingerprint density at radius 1 is 1.04 bits per heavy atom. The van der Waals surface area contributed by atoms with Crippen LogP contribution in [0.5, 0.6) is 5.88 Å². The highest BCUT2D eigenvalue weighted by molar-refractivity contribution is 6.01. The maximum atomic E-state index is 12.5. The number of likely N-dealkylation sites (tertiary alicyclic amines) is 1. The van der Waals surface area contributed by atoms with Crippen molar-refractivity contribution in [3.05, 3.63) is 53.2 Å². The number of fused-ring (bicyclic) bond motifs is 1. The van der Waals surface area contributed by atoms with Crippen LogP contribution in [0.2, 0.25) is 0 Å². The fourth-order valence-corrected chi connectivity index (χ4v) is 3.85. The fraction of sp³-hybridized carbons (Fsp3) is 0.455. The van der Waals surface area contributed by atoms with Gasteiger partial charge in [-0.15, -0.1) is 0 Å². The Kier molecular flexibility index (Phi) is 5.88. The Bertz CT molecular complexity index is 816. The van der Waals surface area contributed by atoms with Crippen LogP contribution in [0.3, 0.4) is 0 Å². The molecule has 2 aliphatic rings. The first-order valence-electron chi connectivity index (χ1n) is 9.94. The number of nitrogens with zero attached hydrogens (tertiary/aromatic N) is 3. The summed E-state index contributed by atoms with van der Waals surface area (Å²) in [6.07, 6.45) is 4.75. The molecular formula is C22H27N3O3. The molecule has 1 aromatic heterocycles. The van der Waals surface area contributed by atoms with Gasteiger partial charge in [0.05, 0.1) is 25.3 Å². The van der Waals surface area contributed by atoms with Gasteiger partial charge in [-0.1, -0.05) is 24.3 Å². The smallest absolute Gasteiger partial charge is 0.231 e. The highest BCUT2D eigenvalue weighted by atomic mass is 16.5. The van der Waals surface area contributed by atoms with Crippen molar-refractivity contribution in [2.45, 2.75) is 32.4 Å². The van der Waals surface area contributed by atoms with Gasteiger partial charge < -0.3 is 14.4 Å². The summed E-state index contributed by atoms with van der Waals surface area (Å²) in [5.74, 6) is 0.628. The molecule has 1 fully saturated rings. The second kappa shape index (κ2) is 8.71. The number of pyridine rings is 1. The highest BCUT2D eigenvalue weighted by Crippen LogP contribution is 2.32. The minimum atomic E-state index is 0.104. The Morgan fingerprint density at radius 2 is 1.75 bits per heavy atom. The Balaban J connectivity index is 1.43. The first-order chi connectivity index (χ1) is 13.7. The lowest BCUT2D eigenvalue weighted by molar-refractivity contribution is -0.117. The van der Waals surface area contributed by atoms with Gasteiger partial charge in [-0.3, -0.25) is 9.69 Å². The lowest BCUT2D eigenvalue weighted by Gasteiger charge is -2.19. The van der Waals surface area contributed by atoms with Gasteiger partial charge in [0.2, 0.25) is 11.8 Å². The molecule has 2 aromatic rings. The molecule has 0 N–H and O–H groups in total. The number of anilines is 1. The number of ether oxygens (including phenoxy) is 2. The lowest BCUT2D eigenvalue weighted by atomic mass is 10.1. The molecule has 3 heterocycles. The maximum absolute atomic E-state index is 12.5. The summed E-state index contributed by atoms with van der Waals surface area (Å²) in [4.78, 5) is 21.2. The number of carbonyl (C=O) groups is 1. The van der Waals surface area contributed by atoms with Crippen LogP contribution in [0.15, 0.2) is 36.5 Å². The molecule has 0 atom stereocenters. The Morgan fingerprint density at radius 3 is 2.46 bits per heavy atom. The third-order valence-corrected chi connectivity index (χ3v) is 5.38. The average Bonchev–Trinajstić information content (AvgIpc) is 3.32. The molecule has 148 valence electrons. The van der Waals surface area contributed by atoms with Crippen LogP contribution in [0.4, 0.5) is 5.69 Å². The van der Waals surface area contributed by atoms with Gasteiger partial charge in [0, 0.05) is 31.5 Å². The topological polar surface area (TPSA) is 54.9 Å². The summed E-state index contributed by atoms with van der Waals surface area (Å²) < 4.78 is 10.6. The highest BCUT2D eigenvalue weighted by Gasteiger charge is 2.28. The molecule has 1 amide bonds. The van der Waals surface area contributed by atoms with E-state index in [4.69, 9.17) is 9.47 Å².